The van der Waals surface area contributed by atoms with Crippen LogP contribution in [0.1, 0.15) is 37.8 Å². The van der Waals surface area contributed by atoms with Crippen LogP contribution >= 0.6 is 0 Å². The van der Waals surface area contributed by atoms with Crippen molar-refractivity contribution in [2.75, 3.05) is 20.6 Å². The van der Waals surface area contributed by atoms with Gasteiger partial charge >= 0.3 is 0 Å². The van der Waals surface area contributed by atoms with Crippen molar-refractivity contribution < 1.29 is 0 Å². The Balaban J connectivity index is 1.94. The van der Waals surface area contributed by atoms with Crippen LogP contribution in [0.4, 0.5) is 0 Å². The van der Waals surface area contributed by atoms with Crippen LogP contribution in [0.15, 0.2) is 24.3 Å². The van der Waals surface area contributed by atoms with E-state index in [0.717, 1.165) is 24.3 Å². The van der Waals surface area contributed by atoms with Crippen molar-refractivity contribution in [3.8, 4) is 0 Å². The number of nitrogens with one attached hydrogen (secondary N) is 1. The van der Waals surface area contributed by atoms with Crippen LogP contribution in [0, 0.1) is 24.7 Å². The van der Waals surface area contributed by atoms with Gasteiger partial charge in [-0.1, -0.05) is 43.7 Å². The molecule has 2 rings (SSSR count). The first-order valence-electron chi connectivity index (χ1n) is 8.41. The molecule has 1 aromatic rings. The van der Waals surface area contributed by atoms with Crippen molar-refractivity contribution in [1.29, 1.82) is 0 Å². The van der Waals surface area contributed by atoms with Crippen molar-refractivity contribution in [3.63, 3.8) is 0 Å². The molecule has 2 heteroatoms. The molecule has 0 radical (unpaired) electrons. The topological polar surface area (TPSA) is 15.3 Å². The van der Waals surface area contributed by atoms with Gasteiger partial charge in [0.15, 0.2) is 0 Å². The van der Waals surface area contributed by atoms with Crippen LogP contribution in [-0.4, -0.2) is 31.6 Å². The van der Waals surface area contributed by atoms with E-state index in [2.05, 4.69) is 69.3 Å². The molecule has 0 aliphatic heterocycles. The minimum absolute atomic E-state index is 0.671. The molecule has 1 aliphatic carbocycles. The maximum absolute atomic E-state index is 3.56. The molecule has 4 atom stereocenters. The first-order chi connectivity index (χ1) is 9.99. The number of nitrogens with zero attached hydrogens (tertiary/aromatic N) is 1. The summed E-state index contributed by atoms with van der Waals surface area (Å²) < 4.78 is 0. The highest BCUT2D eigenvalue weighted by atomic mass is 15.1. The molecule has 1 aliphatic rings. The van der Waals surface area contributed by atoms with Gasteiger partial charge in [0.05, 0.1) is 0 Å². The first kappa shape index (κ1) is 16.5. The molecule has 1 aromatic carbocycles. The van der Waals surface area contributed by atoms with Gasteiger partial charge in [0.25, 0.3) is 0 Å². The number of hydrogen-bond acceptors (Lipinski definition) is 2. The highest BCUT2D eigenvalue weighted by Crippen LogP contribution is 2.34. The third kappa shape index (κ3) is 4.55. The minimum atomic E-state index is 0.671. The standard InChI is InChI=1S/C19H32N2/c1-14-6-8-17(9-7-14)12-21(5)13-18-16(3)10-15(2)11-19(18)20-4/h6-9,15-16,18-20H,10-13H2,1-5H3. The molecule has 1 fully saturated rings. The van der Waals surface area contributed by atoms with Crippen LogP contribution < -0.4 is 5.32 Å². The van der Waals surface area contributed by atoms with Crippen LogP contribution in [0.5, 0.6) is 0 Å². The molecule has 1 saturated carbocycles. The summed E-state index contributed by atoms with van der Waals surface area (Å²) in [6.45, 7) is 9.22. The summed E-state index contributed by atoms with van der Waals surface area (Å²) in [4.78, 5) is 2.49. The van der Waals surface area contributed by atoms with Gasteiger partial charge in [-0.2, -0.15) is 0 Å². The van der Waals surface area contributed by atoms with Crippen molar-refractivity contribution in [2.45, 2.75) is 46.2 Å². The first-order valence-corrected chi connectivity index (χ1v) is 8.41. The minimum Gasteiger partial charge on any atom is -0.317 e. The van der Waals surface area contributed by atoms with Crippen LogP contribution in [-0.2, 0) is 6.54 Å². The lowest BCUT2D eigenvalue weighted by Crippen LogP contribution is -2.47. The predicted molar refractivity (Wildman–Crippen MR) is 91.4 cm³/mol. The molecule has 0 bridgehead atoms. The van der Waals surface area contributed by atoms with E-state index < -0.39 is 0 Å². The fourth-order valence-electron chi connectivity index (χ4n) is 3.98. The maximum Gasteiger partial charge on any atom is 0.0230 e. The molecule has 2 nitrogen and oxygen atoms in total. The molecule has 1 N–H and O–H groups in total. The third-order valence-electron chi connectivity index (χ3n) is 5.14. The van der Waals surface area contributed by atoms with Crippen molar-refractivity contribution in [1.82, 2.24) is 10.2 Å². The largest absolute Gasteiger partial charge is 0.317 e. The Hall–Kier alpha value is -0.860. The van der Waals surface area contributed by atoms with E-state index >= 15 is 0 Å². The van der Waals surface area contributed by atoms with Gasteiger partial charge in [0, 0.05) is 19.1 Å². The number of aryl methyl sites for hydroxylation is 1. The Labute approximate surface area is 130 Å². The third-order valence-corrected chi connectivity index (χ3v) is 5.14. The van der Waals surface area contributed by atoms with Crippen LogP contribution in [0.2, 0.25) is 0 Å². The fraction of sp³-hybridized carbons (Fsp3) is 0.684. The summed E-state index contributed by atoms with van der Waals surface area (Å²) in [6, 6.07) is 9.61. The van der Waals surface area contributed by atoms with Gasteiger partial charge in [0.1, 0.15) is 0 Å². The number of rotatable bonds is 5. The molecule has 0 saturated heterocycles. The van der Waals surface area contributed by atoms with E-state index in [1.807, 2.05) is 0 Å². The van der Waals surface area contributed by atoms with Gasteiger partial charge in [0.2, 0.25) is 0 Å². The van der Waals surface area contributed by atoms with Gasteiger partial charge in [-0.25, -0.2) is 0 Å². The monoisotopic (exact) mass is 288 g/mol. The molecule has 0 spiro atoms. The van der Waals surface area contributed by atoms with Gasteiger partial charge in [-0.05, 0) is 57.2 Å². The van der Waals surface area contributed by atoms with Gasteiger partial charge < -0.3 is 10.2 Å². The van der Waals surface area contributed by atoms with Crippen molar-refractivity contribution >= 4 is 0 Å². The Morgan fingerprint density at radius 1 is 1.14 bits per heavy atom. The summed E-state index contributed by atoms with van der Waals surface area (Å²) in [6.07, 6.45) is 2.70. The van der Waals surface area contributed by atoms with E-state index in [4.69, 9.17) is 0 Å². The van der Waals surface area contributed by atoms with Gasteiger partial charge in [-0.15, -0.1) is 0 Å². The lowest BCUT2D eigenvalue weighted by Gasteiger charge is -2.41. The zero-order valence-electron chi connectivity index (χ0n) is 14.4. The summed E-state index contributed by atoms with van der Waals surface area (Å²) >= 11 is 0. The second-order valence-electron chi connectivity index (χ2n) is 7.30. The molecule has 0 heterocycles. The van der Waals surface area contributed by atoms with Crippen molar-refractivity contribution in [3.05, 3.63) is 35.4 Å². The van der Waals surface area contributed by atoms with Gasteiger partial charge in [-0.3, -0.25) is 0 Å². The van der Waals surface area contributed by atoms with E-state index in [0.29, 0.717) is 6.04 Å². The lowest BCUT2D eigenvalue weighted by molar-refractivity contribution is 0.113. The quantitative estimate of drug-likeness (QED) is 0.889. The molecule has 0 aromatic heterocycles. The van der Waals surface area contributed by atoms with Crippen LogP contribution in [0.3, 0.4) is 0 Å². The normalized spacial score (nSPS) is 29.8. The fourth-order valence-corrected chi connectivity index (χ4v) is 3.98. The van der Waals surface area contributed by atoms with Crippen molar-refractivity contribution in [2.24, 2.45) is 17.8 Å². The SMILES string of the molecule is CNC1CC(C)CC(C)C1CN(C)Cc1ccc(C)cc1. The molecular formula is C19H32N2. The molecule has 21 heavy (non-hydrogen) atoms. The summed E-state index contributed by atoms with van der Waals surface area (Å²) in [5.41, 5.74) is 2.76. The maximum atomic E-state index is 3.56. The van der Waals surface area contributed by atoms with E-state index in [9.17, 15) is 0 Å². The molecule has 118 valence electrons. The molecule has 0 amide bonds. The highest BCUT2D eigenvalue weighted by molar-refractivity contribution is 5.21. The Morgan fingerprint density at radius 2 is 1.81 bits per heavy atom. The lowest BCUT2D eigenvalue weighted by atomic mass is 9.72. The molecular weight excluding hydrogens is 256 g/mol. The number of benzene rings is 1. The molecule has 4 unspecified atom stereocenters. The van der Waals surface area contributed by atoms with E-state index in [1.165, 1.54) is 30.5 Å². The smallest absolute Gasteiger partial charge is 0.0230 e. The highest BCUT2D eigenvalue weighted by Gasteiger charge is 2.33. The van der Waals surface area contributed by atoms with Crippen LogP contribution in [0.25, 0.3) is 0 Å². The Bertz CT molecular complexity index is 426. The average molecular weight is 288 g/mol. The average Bonchev–Trinajstić information content (AvgIpc) is 2.44. The zero-order chi connectivity index (χ0) is 15.4. The van der Waals surface area contributed by atoms with E-state index in [1.54, 1.807) is 0 Å². The summed E-state index contributed by atoms with van der Waals surface area (Å²) in [5.74, 6) is 2.43. The summed E-state index contributed by atoms with van der Waals surface area (Å²) in [5, 5.41) is 3.56. The second kappa shape index (κ2) is 7.42. The predicted octanol–water partition coefficient (Wildman–Crippen LogP) is 3.70. The Kier molecular flexibility index (Phi) is 5.83. The second-order valence-corrected chi connectivity index (χ2v) is 7.30. The zero-order valence-corrected chi connectivity index (χ0v) is 14.4. The summed E-state index contributed by atoms with van der Waals surface area (Å²) in [7, 11) is 4.39. The van der Waals surface area contributed by atoms with E-state index in [-0.39, 0.29) is 0 Å². The Morgan fingerprint density at radius 3 is 2.43 bits per heavy atom. The number of hydrogen-bond donors (Lipinski definition) is 1.